The third-order valence-corrected chi connectivity index (χ3v) is 4.71. The van der Waals surface area contributed by atoms with Gasteiger partial charge in [-0.25, -0.2) is 9.97 Å². The standard InChI is InChI=1S/C17H20ClN5O/c1-13(16(24)21-15-6-3-2-5-14(15)18)22-9-11-23(12-10-22)17-19-7-4-8-20-17/h2-8,13H,9-12H2,1H3,(H,21,24)/p+1/t13-/m1/s1. The van der Waals surface area contributed by atoms with E-state index < -0.39 is 0 Å². The normalized spacial score (nSPS) is 16.7. The number of para-hydroxylation sites is 1. The van der Waals surface area contributed by atoms with Crippen LogP contribution in [0, 0.1) is 0 Å². The Morgan fingerprint density at radius 3 is 2.54 bits per heavy atom. The Bertz CT molecular complexity index is 688. The van der Waals surface area contributed by atoms with E-state index in [1.165, 1.54) is 4.90 Å². The Morgan fingerprint density at radius 2 is 1.88 bits per heavy atom. The number of aromatic nitrogens is 2. The fourth-order valence-corrected chi connectivity index (χ4v) is 3.05. The minimum absolute atomic E-state index is 0.0116. The number of carbonyl (C=O) groups is 1. The van der Waals surface area contributed by atoms with Gasteiger partial charge in [0.1, 0.15) is 0 Å². The molecular weight excluding hydrogens is 326 g/mol. The lowest BCUT2D eigenvalue weighted by Crippen LogP contribution is -3.19. The van der Waals surface area contributed by atoms with Gasteiger partial charge in [0.2, 0.25) is 5.95 Å². The molecule has 1 atom stereocenters. The SMILES string of the molecule is C[C@H](C(=O)Nc1ccccc1Cl)[NH+]1CCN(c2ncccn2)CC1. The highest BCUT2D eigenvalue weighted by molar-refractivity contribution is 6.33. The maximum atomic E-state index is 12.5. The number of piperazine rings is 1. The zero-order valence-corrected chi connectivity index (χ0v) is 14.3. The highest BCUT2D eigenvalue weighted by atomic mass is 35.5. The van der Waals surface area contributed by atoms with Gasteiger partial charge in [0.25, 0.3) is 5.91 Å². The summed E-state index contributed by atoms with van der Waals surface area (Å²) in [5.74, 6) is 0.743. The molecule has 0 unspecified atom stereocenters. The van der Waals surface area contributed by atoms with E-state index in [1.807, 2.05) is 31.2 Å². The van der Waals surface area contributed by atoms with Crippen molar-refractivity contribution in [1.82, 2.24) is 9.97 Å². The number of hydrogen-bond acceptors (Lipinski definition) is 4. The number of benzene rings is 1. The molecule has 0 saturated carbocycles. The summed E-state index contributed by atoms with van der Waals surface area (Å²) in [6.07, 6.45) is 3.50. The molecule has 1 saturated heterocycles. The van der Waals surface area contributed by atoms with Crippen molar-refractivity contribution in [1.29, 1.82) is 0 Å². The summed E-state index contributed by atoms with van der Waals surface area (Å²) in [7, 11) is 0. The molecule has 3 rings (SSSR count). The summed E-state index contributed by atoms with van der Waals surface area (Å²) in [5, 5.41) is 3.47. The van der Waals surface area contributed by atoms with Gasteiger partial charge in [-0.1, -0.05) is 23.7 Å². The molecule has 0 aliphatic carbocycles. The molecule has 7 heteroatoms. The van der Waals surface area contributed by atoms with E-state index in [-0.39, 0.29) is 11.9 Å². The lowest BCUT2D eigenvalue weighted by Gasteiger charge is -2.34. The van der Waals surface area contributed by atoms with E-state index in [1.54, 1.807) is 18.5 Å². The second-order valence-electron chi connectivity index (χ2n) is 5.88. The summed E-state index contributed by atoms with van der Waals surface area (Å²) in [5.41, 5.74) is 0.659. The summed E-state index contributed by atoms with van der Waals surface area (Å²) < 4.78 is 0. The van der Waals surface area contributed by atoms with Crippen LogP contribution in [0.2, 0.25) is 5.02 Å². The van der Waals surface area contributed by atoms with Crippen molar-refractivity contribution in [2.75, 3.05) is 36.4 Å². The molecule has 0 bridgehead atoms. The molecule has 1 aromatic carbocycles. The van der Waals surface area contributed by atoms with Crippen molar-refractivity contribution in [2.24, 2.45) is 0 Å². The second kappa shape index (κ2) is 7.59. The van der Waals surface area contributed by atoms with Gasteiger partial charge in [-0.15, -0.1) is 0 Å². The maximum Gasteiger partial charge on any atom is 0.282 e. The van der Waals surface area contributed by atoms with Crippen molar-refractivity contribution in [3.63, 3.8) is 0 Å². The van der Waals surface area contributed by atoms with Crippen LogP contribution in [0.15, 0.2) is 42.7 Å². The molecule has 1 fully saturated rings. The third kappa shape index (κ3) is 3.83. The summed E-state index contributed by atoms with van der Waals surface area (Å²) in [6, 6.07) is 8.96. The van der Waals surface area contributed by atoms with E-state index in [9.17, 15) is 4.79 Å². The monoisotopic (exact) mass is 346 g/mol. The zero-order valence-electron chi connectivity index (χ0n) is 13.6. The molecule has 2 aromatic rings. The number of amides is 1. The van der Waals surface area contributed by atoms with Gasteiger partial charge in [-0.05, 0) is 25.1 Å². The van der Waals surface area contributed by atoms with Crippen LogP contribution in [0.25, 0.3) is 0 Å². The van der Waals surface area contributed by atoms with Crippen molar-refractivity contribution in [3.05, 3.63) is 47.7 Å². The van der Waals surface area contributed by atoms with Gasteiger partial charge >= 0.3 is 0 Å². The Labute approximate surface area is 146 Å². The zero-order chi connectivity index (χ0) is 16.9. The lowest BCUT2D eigenvalue weighted by atomic mass is 10.2. The molecule has 24 heavy (non-hydrogen) atoms. The first kappa shape index (κ1) is 16.7. The van der Waals surface area contributed by atoms with Gasteiger partial charge in [0.15, 0.2) is 6.04 Å². The van der Waals surface area contributed by atoms with E-state index in [4.69, 9.17) is 11.6 Å². The largest absolute Gasteiger partial charge is 0.330 e. The van der Waals surface area contributed by atoms with Crippen LogP contribution >= 0.6 is 11.6 Å². The average molecular weight is 347 g/mol. The van der Waals surface area contributed by atoms with Gasteiger partial charge in [-0.2, -0.15) is 0 Å². The lowest BCUT2D eigenvalue weighted by molar-refractivity contribution is -0.914. The minimum atomic E-state index is -0.139. The fraction of sp³-hybridized carbons (Fsp3) is 0.353. The molecule has 1 aliphatic heterocycles. The summed E-state index contributed by atoms with van der Waals surface area (Å²) in [4.78, 5) is 24.5. The third-order valence-electron chi connectivity index (χ3n) is 4.38. The topological polar surface area (TPSA) is 62.6 Å². The molecule has 1 aromatic heterocycles. The van der Waals surface area contributed by atoms with Crippen molar-refractivity contribution >= 4 is 29.1 Å². The predicted molar refractivity (Wildman–Crippen MR) is 94.5 cm³/mol. The molecule has 2 heterocycles. The molecule has 1 amide bonds. The average Bonchev–Trinajstić information content (AvgIpc) is 2.64. The van der Waals surface area contributed by atoms with Gasteiger partial charge in [-0.3, -0.25) is 4.79 Å². The number of hydrogen-bond donors (Lipinski definition) is 2. The van der Waals surface area contributed by atoms with Crippen LogP contribution in [0.1, 0.15) is 6.92 Å². The highest BCUT2D eigenvalue weighted by Crippen LogP contribution is 2.20. The quantitative estimate of drug-likeness (QED) is 0.862. The van der Waals surface area contributed by atoms with E-state index in [0.717, 1.165) is 32.1 Å². The second-order valence-corrected chi connectivity index (χ2v) is 6.29. The van der Waals surface area contributed by atoms with Crippen LogP contribution in [0.5, 0.6) is 0 Å². The number of nitrogens with one attached hydrogen (secondary N) is 2. The number of anilines is 2. The fourth-order valence-electron chi connectivity index (χ4n) is 2.87. The molecular formula is C17H21ClN5O+. The Kier molecular flexibility index (Phi) is 5.27. The van der Waals surface area contributed by atoms with Gasteiger partial charge in [0, 0.05) is 12.4 Å². The Balaban J connectivity index is 1.56. The van der Waals surface area contributed by atoms with E-state index in [2.05, 4.69) is 20.2 Å². The molecule has 0 spiro atoms. The summed E-state index contributed by atoms with van der Waals surface area (Å²) >= 11 is 6.10. The number of halogens is 1. The predicted octanol–water partition coefficient (Wildman–Crippen LogP) is 0.862. The Morgan fingerprint density at radius 1 is 1.21 bits per heavy atom. The van der Waals surface area contributed by atoms with Crippen LogP contribution in [0.4, 0.5) is 11.6 Å². The van der Waals surface area contributed by atoms with Crippen molar-refractivity contribution in [2.45, 2.75) is 13.0 Å². The molecule has 1 aliphatic rings. The van der Waals surface area contributed by atoms with Crippen molar-refractivity contribution < 1.29 is 9.69 Å². The Hall–Kier alpha value is -2.18. The minimum Gasteiger partial charge on any atom is -0.330 e. The number of carbonyl (C=O) groups excluding carboxylic acids is 1. The van der Waals surface area contributed by atoms with E-state index >= 15 is 0 Å². The highest BCUT2D eigenvalue weighted by Gasteiger charge is 2.30. The molecule has 126 valence electrons. The number of quaternary nitrogens is 1. The van der Waals surface area contributed by atoms with Crippen LogP contribution in [-0.4, -0.2) is 48.1 Å². The van der Waals surface area contributed by atoms with Gasteiger partial charge in [0.05, 0.1) is 36.9 Å². The smallest absolute Gasteiger partial charge is 0.282 e. The molecule has 0 radical (unpaired) electrons. The first-order valence-electron chi connectivity index (χ1n) is 8.07. The van der Waals surface area contributed by atoms with Crippen LogP contribution in [-0.2, 0) is 4.79 Å². The molecule has 2 N–H and O–H groups in total. The first-order valence-corrected chi connectivity index (χ1v) is 8.45. The van der Waals surface area contributed by atoms with E-state index in [0.29, 0.717) is 10.7 Å². The maximum absolute atomic E-state index is 12.5. The van der Waals surface area contributed by atoms with Crippen molar-refractivity contribution in [3.8, 4) is 0 Å². The number of nitrogens with zero attached hydrogens (tertiary/aromatic N) is 3. The summed E-state index contributed by atoms with van der Waals surface area (Å²) in [6.45, 7) is 5.37. The van der Waals surface area contributed by atoms with Crippen LogP contribution in [0.3, 0.4) is 0 Å². The van der Waals surface area contributed by atoms with Gasteiger partial charge < -0.3 is 15.1 Å². The molecule has 6 nitrogen and oxygen atoms in total. The first-order chi connectivity index (χ1) is 11.6. The number of rotatable bonds is 4. The van der Waals surface area contributed by atoms with Crippen LogP contribution < -0.4 is 15.1 Å².